The average Bonchev–Trinajstić information content (AvgIpc) is 3.02. The highest BCUT2D eigenvalue weighted by Crippen LogP contribution is 2.27. The summed E-state index contributed by atoms with van der Waals surface area (Å²) in [6, 6.07) is 16.2. The van der Waals surface area contributed by atoms with Crippen molar-refractivity contribution in [3.8, 4) is 5.75 Å². The van der Waals surface area contributed by atoms with Gasteiger partial charge in [0.15, 0.2) is 5.75 Å². The predicted molar refractivity (Wildman–Crippen MR) is 112 cm³/mol. The number of benzene rings is 2. The molecule has 28 heavy (non-hydrogen) atoms. The van der Waals surface area contributed by atoms with Crippen molar-refractivity contribution in [1.29, 1.82) is 0 Å². The van der Waals surface area contributed by atoms with Crippen LogP contribution in [0.3, 0.4) is 0 Å². The van der Waals surface area contributed by atoms with Gasteiger partial charge in [0.2, 0.25) is 0 Å². The van der Waals surface area contributed by atoms with E-state index in [1.165, 1.54) is 0 Å². The minimum absolute atomic E-state index is 0.0246. The summed E-state index contributed by atoms with van der Waals surface area (Å²) in [7, 11) is 0. The first-order valence-electron chi connectivity index (χ1n) is 9.13. The monoisotopic (exact) mass is 386 g/mol. The van der Waals surface area contributed by atoms with E-state index >= 15 is 0 Å². The molecule has 4 heteroatoms. The summed E-state index contributed by atoms with van der Waals surface area (Å²) in [4.78, 5) is 0. The normalized spacial score (nSPS) is 13.7. The molecule has 3 nitrogen and oxygen atoms in total. The molecule has 0 fully saturated rings. The van der Waals surface area contributed by atoms with E-state index in [4.69, 9.17) is 9.47 Å². The van der Waals surface area contributed by atoms with Crippen molar-refractivity contribution in [2.75, 3.05) is 0 Å². The molecule has 3 aromatic rings. The van der Waals surface area contributed by atoms with E-state index in [9.17, 15) is 5.11 Å². The molecule has 0 radical (unpaired) electrons. The number of fused-ring (bicyclic) bond motifs is 4. The highest BCUT2D eigenvalue weighted by atomic mass is 32.1. The van der Waals surface area contributed by atoms with Gasteiger partial charge in [-0.2, -0.15) is 0 Å². The Morgan fingerprint density at radius 2 is 1.86 bits per heavy atom. The van der Waals surface area contributed by atoms with E-state index in [1.54, 1.807) is 17.6 Å². The van der Waals surface area contributed by atoms with Gasteiger partial charge in [-0.15, -0.1) is 11.3 Å². The minimum atomic E-state index is 0.0246. The van der Waals surface area contributed by atoms with Crippen LogP contribution in [0.2, 0.25) is 0 Å². The van der Waals surface area contributed by atoms with Gasteiger partial charge in [-0.05, 0) is 28.5 Å². The van der Waals surface area contributed by atoms with Crippen molar-refractivity contribution in [2.45, 2.75) is 13.2 Å². The van der Waals surface area contributed by atoms with Gasteiger partial charge >= 0.3 is 0 Å². The van der Waals surface area contributed by atoms with Crippen LogP contribution in [0.4, 0.5) is 0 Å². The van der Waals surface area contributed by atoms with Crippen LogP contribution in [-0.4, -0.2) is 5.11 Å². The average molecular weight is 386 g/mol. The van der Waals surface area contributed by atoms with E-state index in [2.05, 4.69) is 36.4 Å². The molecule has 0 bridgehead atoms. The fourth-order valence-corrected chi connectivity index (χ4v) is 4.68. The lowest BCUT2D eigenvalue weighted by atomic mass is 10.1. The predicted octanol–water partition coefficient (Wildman–Crippen LogP) is 3.57. The summed E-state index contributed by atoms with van der Waals surface area (Å²) < 4.78 is 14.1. The highest BCUT2D eigenvalue weighted by molar-refractivity contribution is 7.08. The van der Waals surface area contributed by atoms with Crippen LogP contribution in [0.25, 0.3) is 17.9 Å². The van der Waals surface area contributed by atoms with E-state index in [1.807, 2.05) is 36.4 Å². The van der Waals surface area contributed by atoms with Crippen molar-refractivity contribution in [3.05, 3.63) is 103 Å². The van der Waals surface area contributed by atoms with Gasteiger partial charge in [0, 0.05) is 21.4 Å². The number of hydrogen-bond acceptors (Lipinski definition) is 4. The van der Waals surface area contributed by atoms with Gasteiger partial charge in [-0.25, -0.2) is 0 Å². The molecular weight excluding hydrogens is 368 g/mol. The Labute approximate surface area is 166 Å². The van der Waals surface area contributed by atoms with Crippen molar-refractivity contribution in [3.63, 3.8) is 0 Å². The standard InChI is InChI=1S/C24H18O3S/c25-14-17-9-10-18-7-4-8-19-22-24(28-23(19)20(18)13-17)21(11-12-26-22)27-15-16-5-2-1-3-6-16/h1-13,25H,14-15H2. The van der Waals surface area contributed by atoms with Gasteiger partial charge in [0.25, 0.3) is 0 Å². The zero-order chi connectivity index (χ0) is 18.9. The van der Waals surface area contributed by atoms with Gasteiger partial charge < -0.3 is 14.6 Å². The molecule has 0 spiro atoms. The molecule has 1 aromatic heterocycles. The van der Waals surface area contributed by atoms with E-state index in [0.717, 1.165) is 47.7 Å². The molecule has 1 aliphatic heterocycles. The van der Waals surface area contributed by atoms with Gasteiger partial charge in [-0.3, -0.25) is 0 Å². The van der Waals surface area contributed by atoms with E-state index < -0.39 is 0 Å². The van der Waals surface area contributed by atoms with Gasteiger partial charge in [-0.1, -0.05) is 54.6 Å². The second-order valence-electron chi connectivity index (χ2n) is 6.67. The Morgan fingerprint density at radius 3 is 2.71 bits per heavy atom. The van der Waals surface area contributed by atoms with E-state index in [-0.39, 0.29) is 6.61 Å². The third kappa shape index (κ3) is 2.97. The Morgan fingerprint density at radius 1 is 0.964 bits per heavy atom. The van der Waals surface area contributed by atoms with Crippen molar-refractivity contribution < 1.29 is 14.6 Å². The smallest absolute Gasteiger partial charge is 0.156 e. The molecule has 0 saturated carbocycles. The van der Waals surface area contributed by atoms with Crippen LogP contribution >= 0.6 is 11.3 Å². The minimum Gasteiger partial charge on any atom is -0.487 e. The summed E-state index contributed by atoms with van der Waals surface area (Å²) in [5.41, 5.74) is 3.08. The third-order valence-electron chi connectivity index (χ3n) is 4.85. The number of rotatable bonds is 4. The highest BCUT2D eigenvalue weighted by Gasteiger charge is 2.17. The number of allylic oxidation sites excluding steroid dienone is 1. The summed E-state index contributed by atoms with van der Waals surface area (Å²) in [5.74, 6) is 1.65. The number of aliphatic hydroxyl groups is 1. The molecule has 1 N–H and O–H groups in total. The quantitative estimate of drug-likeness (QED) is 0.745. The second-order valence-corrected chi connectivity index (χ2v) is 7.69. The van der Waals surface area contributed by atoms with Crippen LogP contribution in [0.5, 0.6) is 5.75 Å². The van der Waals surface area contributed by atoms with Crippen LogP contribution in [0.1, 0.15) is 16.7 Å². The fraction of sp³-hybridized carbons (Fsp3) is 0.0833. The number of aliphatic hydroxyl groups excluding tert-OH is 1. The molecule has 2 aromatic carbocycles. The van der Waals surface area contributed by atoms with Crippen molar-refractivity contribution >= 4 is 29.2 Å². The maximum atomic E-state index is 9.56. The zero-order valence-electron chi connectivity index (χ0n) is 15.1. The summed E-state index contributed by atoms with van der Waals surface area (Å²) in [6.07, 6.45) is 9.77. The third-order valence-corrected chi connectivity index (χ3v) is 6.08. The molecule has 0 saturated heterocycles. The van der Waals surface area contributed by atoms with E-state index in [0.29, 0.717) is 6.61 Å². The largest absolute Gasteiger partial charge is 0.487 e. The topological polar surface area (TPSA) is 38.7 Å². The molecule has 138 valence electrons. The molecule has 2 aliphatic rings. The lowest BCUT2D eigenvalue weighted by Crippen LogP contribution is -2.10. The first-order chi connectivity index (χ1) is 13.8. The Hall–Kier alpha value is -3.08. The molecule has 1 aliphatic carbocycles. The maximum absolute atomic E-state index is 9.56. The van der Waals surface area contributed by atoms with Crippen LogP contribution < -0.4 is 14.5 Å². The summed E-state index contributed by atoms with van der Waals surface area (Å²) in [5, 5.41) is 11.8. The Balaban J connectivity index is 1.72. The lowest BCUT2D eigenvalue weighted by Gasteiger charge is -2.11. The molecular formula is C24H18O3S. The number of hydrogen-bond donors (Lipinski definition) is 1. The van der Waals surface area contributed by atoms with Crippen molar-refractivity contribution in [2.24, 2.45) is 0 Å². The number of thiophene rings is 1. The number of ether oxygens (including phenoxy) is 2. The lowest BCUT2D eigenvalue weighted by molar-refractivity contribution is 0.261. The van der Waals surface area contributed by atoms with Gasteiger partial charge in [0.05, 0.1) is 12.9 Å². The van der Waals surface area contributed by atoms with Crippen LogP contribution in [-0.2, 0) is 18.0 Å². The molecule has 0 atom stereocenters. The fourth-order valence-electron chi connectivity index (χ4n) is 3.44. The molecule has 2 heterocycles. The maximum Gasteiger partial charge on any atom is 0.156 e. The van der Waals surface area contributed by atoms with Crippen LogP contribution in [0.15, 0.2) is 66.9 Å². The van der Waals surface area contributed by atoms with Gasteiger partial charge in [0.1, 0.15) is 16.9 Å². The van der Waals surface area contributed by atoms with Crippen molar-refractivity contribution in [1.82, 2.24) is 0 Å². The second kappa shape index (κ2) is 7.15. The molecule has 0 unspecified atom stereocenters. The zero-order valence-corrected chi connectivity index (χ0v) is 15.9. The first kappa shape index (κ1) is 17.0. The summed E-state index contributed by atoms with van der Waals surface area (Å²) >= 11 is 1.67. The summed E-state index contributed by atoms with van der Waals surface area (Å²) in [6.45, 7) is 0.536. The molecule has 0 amide bonds. The Kier molecular flexibility index (Phi) is 4.35. The molecule has 5 rings (SSSR count). The Bertz CT molecular complexity index is 1310. The van der Waals surface area contributed by atoms with Crippen LogP contribution in [0, 0.1) is 9.75 Å². The first-order valence-corrected chi connectivity index (χ1v) is 9.95. The SMILES string of the molecule is OCc1ccc2c(c1)=c1sc3c(c1C=CC=2)OC=CC=3OCc1ccccc1.